The molecule has 2 aromatic rings. The molecule has 0 saturated carbocycles. The number of nitrogens with two attached hydrogens (primary N) is 1. The highest BCUT2D eigenvalue weighted by Gasteiger charge is 2.40. The zero-order chi connectivity index (χ0) is 21.4. The zero-order valence-corrected chi connectivity index (χ0v) is 17.5. The minimum Gasteiger partial charge on any atom is -0.497 e. The fourth-order valence-corrected chi connectivity index (χ4v) is 4.57. The maximum absolute atomic E-state index is 13.2. The average molecular weight is 399 g/mol. The van der Waals surface area contributed by atoms with E-state index in [9.17, 15) is 10.1 Å². The van der Waals surface area contributed by atoms with Gasteiger partial charge in [0.05, 0.1) is 24.7 Å². The number of ketones is 1. The molecule has 2 aliphatic rings. The minimum absolute atomic E-state index is 0.0972. The van der Waals surface area contributed by atoms with Crippen LogP contribution in [-0.2, 0) is 4.79 Å². The molecule has 1 aliphatic heterocycles. The fourth-order valence-electron chi connectivity index (χ4n) is 4.57. The third-order valence-electron chi connectivity index (χ3n) is 5.98. The summed E-state index contributed by atoms with van der Waals surface area (Å²) in [5.74, 6) is 0.801. The standard InChI is InChI=1S/C25H25N3O2/c1-15-7-12-19(16(2)13-15)23-20(14-26)25(27)28(17-8-10-18(30-3)11-9-17)21-5-4-6-22(29)24(21)23/h7-13,23H,4-6,27H2,1-3H3/t23-/m0/s1. The summed E-state index contributed by atoms with van der Waals surface area (Å²) < 4.78 is 5.27. The van der Waals surface area contributed by atoms with Crippen LogP contribution in [0.3, 0.4) is 0 Å². The van der Waals surface area contributed by atoms with E-state index in [1.807, 2.05) is 55.1 Å². The number of nitrogens with zero attached hydrogens (tertiary/aromatic N) is 2. The highest BCUT2D eigenvalue weighted by Crippen LogP contribution is 2.47. The molecule has 5 heteroatoms. The van der Waals surface area contributed by atoms with Crippen molar-refractivity contribution in [3.8, 4) is 11.8 Å². The van der Waals surface area contributed by atoms with E-state index in [-0.39, 0.29) is 5.78 Å². The summed E-state index contributed by atoms with van der Waals surface area (Å²) in [6.45, 7) is 4.06. The summed E-state index contributed by atoms with van der Waals surface area (Å²) in [7, 11) is 1.62. The van der Waals surface area contributed by atoms with Crippen LogP contribution in [0.4, 0.5) is 5.69 Å². The van der Waals surface area contributed by atoms with Crippen molar-refractivity contribution in [3.63, 3.8) is 0 Å². The highest BCUT2D eigenvalue weighted by atomic mass is 16.5. The van der Waals surface area contributed by atoms with E-state index in [0.29, 0.717) is 23.4 Å². The molecule has 0 unspecified atom stereocenters. The molecular weight excluding hydrogens is 374 g/mol. The Labute approximate surface area is 177 Å². The van der Waals surface area contributed by atoms with Gasteiger partial charge in [-0.3, -0.25) is 9.69 Å². The number of Topliss-reactive ketones (excluding diaryl/α,β-unsaturated/α-hetero) is 1. The van der Waals surface area contributed by atoms with Crippen LogP contribution >= 0.6 is 0 Å². The van der Waals surface area contributed by atoms with Crippen LogP contribution in [0.1, 0.15) is 41.9 Å². The number of carbonyl (C=O) groups is 1. The van der Waals surface area contributed by atoms with Gasteiger partial charge in [-0.05, 0) is 62.1 Å². The van der Waals surface area contributed by atoms with E-state index in [0.717, 1.165) is 46.7 Å². The molecule has 2 aromatic carbocycles. The fraction of sp³-hybridized carbons (Fsp3) is 0.280. The summed E-state index contributed by atoms with van der Waals surface area (Å²) in [5.41, 5.74) is 12.6. The van der Waals surface area contributed by atoms with Gasteiger partial charge in [0.1, 0.15) is 11.6 Å². The van der Waals surface area contributed by atoms with Crippen LogP contribution in [0.15, 0.2) is 65.1 Å². The van der Waals surface area contributed by atoms with Gasteiger partial charge < -0.3 is 10.5 Å². The van der Waals surface area contributed by atoms with Crippen LogP contribution in [0.2, 0.25) is 0 Å². The molecule has 2 N–H and O–H groups in total. The summed E-state index contributed by atoms with van der Waals surface area (Å²) in [5, 5.41) is 10.1. The number of ether oxygens (including phenoxy) is 1. The molecule has 0 bridgehead atoms. The molecule has 4 rings (SSSR count). The molecule has 0 radical (unpaired) electrons. The van der Waals surface area contributed by atoms with Gasteiger partial charge in [-0.25, -0.2) is 0 Å². The molecule has 1 aliphatic carbocycles. The number of aryl methyl sites for hydroxylation is 2. The lowest BCUT2D eigenvalue weighted by Gasteiger charge is -2.40. The summed E-state index contributed by atoms with van der Waals surface area (Å²) in [4.78, 5) is 15.0. The van der Waals surface area contributed by atoms with E-state index < -0.39 is 5.92 Å². The number of benzene rings is 2. The Hall–Kier alpha value is -3.52. The zero-order valence-electron chi connectivity index (χ0n) is 17.5. The summed E-state index contributed by atoms with van der Waals surface area (Å²) in [6, 6.07) is 16.0. The van der Waals surface area contributed by atoms with Crippen molar-refractivity contribution in [1.82, 2.24) is 0 Å². The van der Waals surface area contributed by atoms with Crippen molar-refractivity contribution in [1.29, 1.82) is 5.26 Å². The van der Waals surface area contributed by atoms with Crippen molar-refractivity contribution in [2.24, 2.45) is 5.73 Å². The van der Waals surface area contributed by atoms with Crippen molar-refractivity contribution < 1.29 is 9.53 Å². The Morgan fingerprint density at radius 2 is 1.87 bits per heavy atom. The van der Waals surface area contributed by atoms with Gasteiger partial charge in [-0.2, -0.15) is 5.26 Å². The number of carbonyl (C=O) groups excluding carboxylic acids is 1. The second kappa shape index (κ2) is 7.72. The molecule has 0 amide bonds. The molecule has 0 spiro atoms. The monoisotopic (exact) mass is 399 g/mol. The first-order chi connectivity index (χ1) is 14.5. The first-order valence-corrected chi connectivity index (χ1v) is 10.1. The third kappa shape index (κ3) is 3.15. The molecule has 30 heavy (non-hydrogen) atoms. The lowest BCUT2D eigenvalue weighted by molar-refractivity contribution is -0.116. The normalized spacial score (nSPS) is 18.9. The van der Waals surface area contributed by atoms with Crippen LogP contribution in [0.25, 0.3) is 0 Å². The van der Waals surface area contributed by atoms with Crippen LogP contribution in [0.5, 0.6) is 5.75 Å². The minimum atomic E-state index is -0.423. The Balaban J connectivity index is 1.95. The number of hydrogen-bond acceptors (Lipinski definition) is 5. The number of anilines is 1. The van der Waals surface area contributed by atoms with Gasteiger partial charge in [0, 0.05) is 23.4 Å². The predicted molar refractivity (Wildman–Crippen MR) is 117 cm³/mol. The topological polar surface area (TPSA) is 79.3 Å². The predicted octanol–water partition coefficient (Wildman–Crippen LogP) is 4.62. The average Bonchev–Trinajstić information content (AvgIpc) is 2.74. The van der Waals surface area contributed by atoms with E-state index >= 15 is 0 Å². The van der Waals surface area contributed by atoms with Crippen LogP contribution in [0, 0.1) is 25.2 Å². The Bertz CT molecular complexity index is 1120. The third-order valence-corrected chi connectivity index (χ3v) is 5.98. The van der Waals surface area contributed by atoms with Crippen molar-refractivity contribution in [2.45, 2.75) is 39.0 Å². The number of methoxy groups -OCH3 is 1. The molecule has 5 nitrogen and oxygen atoms in total. The highest BCUT2D eigenvalue weighted by molar-refractivity contribution is 6.01. The van der Waals surface area contributed by atoms with Gasteiger partial charge >= 0.3 is 0 Å². The van der Waals surface area contributed by atoms with Gasteiger partial charge in [0.15, 0.2) is 5.78 Å². The Morgan fingerprint density at radius 1 is 1.13 bits per heavy atom. The van der Waals surface area contributed by atoms with Crippen molar-refractivity contribution in [2.75, 3.05) is 12.0 Å². The van der Waals surface area contributed by atoms with Gasteiger partial charge in [-0.15, -0.1) is 0 Å². The molecule has 0 fully saturated rings. The molecule has 1 atom stereocenters. The molecular formula is C25H25N3O2. The first kappa shape index (κ1) is 19.8. The van der Waals surface area contributed by atoms with Crippen molar-refractivity contribution in [3.05, 3.63) is 81.8 Å². The van der Waals surface area contributed by atoms with Crippen LogP contribution in [-0.4, -0.2) is 12.9 Å². The van der Waals surface area contributed by atoms with E-state index in [4.69, 9.17) is 10.5 Å². The molecule has 0 saturated heterocycles. The number of hydrogen-bond donors (Lipinski definition) is 1. The smallest absolute Gasteiger partial charge is 0.161 e. The van der Waals surface area contributed by atoms with E-state index in [1.54, 1.807) is 7.11 Å². The molecule has 0 aromatic heterocycles. The molecule has 152 valence electrons. The lowest BCUT2D eigenvalue weighted by atomic mass is 9.74. The van der Waals surface area contributed by atoms with Crippen molar-refractivity contribution >= 4 is 11.5 Å². The maximum Gasteiger partial charge on any atom is 0.161 e. The van der Waals surface area contributed by atoms with Crippen LogP contribution < -0.4 is 15.4 Å². The largest absolute Gasteiger partial charge is 0.497 e. The second-order valence-corrected chi connectivity index (χ2v) is 7.87. The number of nitriles is 1. The van der Waals surface area contributed by atoms with Gasteiger partial charge in [-0.1, -0.05) is 23.8 Å². The SMILES string of the molecule is COc1ccc(N2C(N)=C(C#N)[C@H](c3ccc(C)cc3C)C3=C2CCCC3=O)cc1. The maximum atomic E-state index is 13.2. The van der Waals surface area contributed by atoms with E-state index in [2.05, 4.69) is 12.1 Å². The van der Waals surface area contributed by atoms with Gasteiger partial charge in [0.2, 0.25) is 0 Å². The second-order valence-electron chi connectivity index (χ2n) is 7.87. The summed E-state index contributed by atoms with van der Waals surface area (Å²) in [6.07, 6.45) is 2.02. The quantitative estimate of drug-likeness (QED) is 0.815. The lowest BCUT2D eigenvalue weighted by Crippen LogP contribution is -2.38. The molecule has 1 heterocycles. The first-order valence-electron chi connectivity index (χ1n) is 10.1. The Morgan fingerprint density at radius 3 is 2.50 bits per heavy atom. The summed E-state index contributed by atoms with van der Waals surface area (Å²) >= 11 is 0. The van der Waals surface area contributed by atoms with E-state index in [1.165, 1.54) is 0 Å². The Kier molecular flexibility index (Phi) is 5.09. The van der Waals surface area contributed by atoms with Gasteiger partial charge in [0.25, 0.3) is 0 Å². The number of rotatable bonds is 3. The number of allylic oxidation sites excluding steroid dienone is 3.